The fraction of sp³-hybridized carbons (Fsp3) is 0.900. The second-order valence-corrected chi connectivity index (χ2v) is 4.45. The zero-order valence-corrected chi connectivity index (χ0v) is 8.86. The van der Waals surface area contributed by atoms with Crippen LogP contribution in [-0.2, 0) is 4.79 Å². The number of rotatable bonds is 5. The highest BCUT2D eigenvalue weighted by molar-refractivity contribution is 5.81. The number of aliphatic hydroxyl groups is 1. The van der Waals surface area contributed by atoms with Crippen LogP contribution in [0.5, 0.6) is 0 Å². The van der Waals surface area contributed by atoms with Crippen molar-refractivity contribution in [1.82, 2.24) is 5.32 Å². The topological polar surface area (TPSA) is 75.3 Å². The summed E-state index contributed by atoms with van der Waals surface area (Å²) in [6.45, 7) is 4.46. The van der Waals surface area contributed by atoms with Crippen LogP contribution in [0.2, 0.25) is 0 Å². The lowest BCUT2D eigenvalue weighted by Crippen LogP contribution is -2.49. The highest BCUT2D eigenvalue weighted by Crippen LogP contribution is 2.27. The lowest BCUT2D eigenvalue weighted by Gasteiger charge is -2.21. The summed E-state index contributed by atoms with van der Waals surface area (Å²) in [4.78, 5) is 11.4. The number of amides is 1. The Morgan fingerprint density at radius 1 is 1.57 bits per heavy atom. The van der Waals surface area contributed by atoms with Gasteiger partial charge in [-0.1, -0.05) is 13.8 Å². The Morgan fingerprint density at radius 2 is 2.14 bits per heavy atom. The fourth-order valence-corrected chi connectivity index (χ4v) is 1.21. The van der Waals surface area contributed by atoms with Gasteiger partial charge in [-0.2, -0.15) is 0 Å². The molecule has 1 saturated carbocycles. The van der Waals surface area contributed by atoms with Gasteiger partial charge in [-0.05, 0) is 24.7 Å². The van der Waals surface area contributed by atoms with Gasteiger partial charge in [0.15, 0.2) is 0 Å². The van der Waals surface area contributed by atoms with Crippen LogP contribution in [0.1, 0.15) is 26.7 Å². The molecule has 1 rings (SSSR count). The van der Waals surface area contributed by atoms with Gasteiger partial charge in [-0.25, -0.2) is 0 Å². The average molecular weight is 200 g/mol. The first-order valence-electron chi connectivity index (χ1n) is 5.23. The van der Waals surface area contributed by atoms with Gasteiger partial charge < -0.3 is 16.2 Å². The van der Waals surface area contributed by atoms with Crippen molar-refractivity contribution < 1.29 is 9.90 Å². The number of nitrogens with two attached hydrogens (primary N) is 1. The molecule has 2 atom stereocenters. The summed E-state index contributed by atoms with van der Waals surface area (Å²) in [5.41, 5.74) is 5.67. The van der Waals surface area contributed by atoms with Crippen LogP contribution in [0.15, 0.2) is 0 Å². The molecule has 1 amide bonds. The minimum atomic E-state index is -1.08. The Labute approximate surface area is 84.9 Å². The minimum absolute atomic E-state index is 0.108. The first-order valence-corrected chi connectivity index (χ1v) is 5.23. The van der Waals surface area contributed by atoms with Crippen molar-refractivity contribution in [3.63, 3.8) is 0 Å². The molecule has 0 aromatic rings. The Hall–Kier alpha value is -0.610. The molecule has 4 heteroatoms. The summed E-state index contributed by atoms with van der Waals surface area (Å²) < 4.78 is 0. The summed E-state index contributed by atoms with van der Waals surface area (Å²) in [5.74, 6) is 0.399. The number of aliphatic hydroxyl groups excluding tert-OH is 1. The zero-order chi connectivity index (χ0) is 10.7. The number of nitrogens with one attached hydrogen (secondary N) is 1. The van der Waals surface area contributed by atoms with Gasteiger partial charge >= 0.3 is 0 Å². The summed E-state index contributed by atoms with van der Waals surface area (Å²) in [7, 11) is 0. The Kier molecular flexibility index (Phi) is 3.89. The molecule has 0 radical (unpaired) electrons. The van der Waals surface area contributed by atoms with Crippen molar-refractivity contribution in [1.29, 1.82) is 0 Å². The van der Waals surface area contributed by atoms with E-state index in [1.54, 1.807) is 0 Å². The number of carbonyl (C=O) groups excluding carboxylic acids is 1. The largest absolute Gasteiger partial charge is 0.382 e. The first kappa shape index (κ1) is 11.5. The molecule has 0 aromatic heterocycles. The second-order valence-electron chi connectivity index (χ2n) is 4.45. The molecule has 1 fully saturated rings. The standard InChI is InChI=1S/C10H20N2O2/c1-6(2)8(11)9(13)10(14)12-5-7-3-4-7/h6-9,13H,3-5,11H2,1-2H3,(H,12,14). The van der Waals surface area contributed by atoms with Gasteiger partial charge in [0.05, 0.1) is 0 Å². The third-order valence-electron chi connectivity index (χ3n) is 2.66. The van der Waals surface area contributed by atoms with E-state index in [-0.39, 0.29) is 11.8 Å². The van der Waals surface area contributed by atoms with Gasteiger partial charge in [0.2, 0.25) is 5.91 Å². The highest BCUT2D eigenvalue weighted by atomic mass is 16.3. The predicted octanol–water partition coefficient (Wildman–Crippen LogP) is -0.143. The average Bonchev–Trinajstić information content (AvgIpc) is 2.95. The van der Waals surface area contributed by atoms with Crippen LogP contribution in [0, 0.1) is 11.8 Å². The van der Waals surface area contributed by atoms with Crippen LogP contribution >= 0.6 is 0 Å². The van der Waals surface area contributed by atoms with Crippen molar-refractivity contribution in [3.05, 3.63) is 0 Å². The normalized spacial score (nSPS) is 20.6. The lowest BCUT2D eigenvalue weighted by atomic mass is 9.99. The Morgan fingerprint density at radius 3 is 2.57 bits per heavy atom. The van der Waals surface area contributed by atoms with Crippen LogP contribution in [0.25, 0.3) is 0 Å². The van der Waals surface area contributed by atoms with E-state index in [4.69, 9.17) is 5.73 Å². The number of hydrogen-bond acceptors (Lipinski definition) is 3. The van der Waals surface area contributed by atoms with Crippen LogP contribution in [0.4, 0.5) is 0 Å². The molecular weight excluding hydrogens is 180 g/mol. The monoisotopic (exact) mass is 200 g/mol. The SMILES string of the molecule is CC(C)C(N)C(O)C(=O)NCC1CC1. The van der Waals surface area contributed by atoms with Crippen molar-refractivity contribution >= 4 is 5.91 Å². The molecule has 0 aliphatic heterocycles. The molecule has 0 aromatic carbocycles. The fourth-order valence-electron chi connectivity index (χ4n) is 1.21. The van der Waals surface area contributed by atoms with Crippen LogP contribution < -0.4 is 11.1 Å². The summed E-state index contributed by atoms with van der Waals surface area (Å²) in [5, 5.41) is 12.3. The van der Waals surface area contributed by atoms with Crippen LogP contribution in [0.3, 0.4) is 0 Å². The third-order valence-corrected chi connectivity index (χ3v) is 2.66. The van der Waals surface area contributed by atoms with E-state index in [0.717, 1.165) is 0 Å². The van der Waals surface area contributed by atoms with Crippen molar-refractivity contribution in [3.8, 4) is 0 Å². The molecule has 4 N–H and O–H groups in total. The minimum Gasteiger partial charge on any atom is -0.382 e. The molecule has 0 spiro atoms. The lowest BCUT2D eigenvalue weighted by molar-refractivity contribution is -0.130. The predicted molar refractivity (Wildman–Crippen MR) is 54.6 cm³/mol. The van der Waals surface area contributed by atoms with Gasteiger partial charge in [0.25, 0.3) is 0 Å². The van der Waals surface area contributed by atoms with Gasteiger partial charge in [0.1, 0.15) is 6.10 Å². The van der Waals surface area contributed by atoms with E-state index >= 15 is 0 Å². The van der Waals surface area contributed by atoms with Gasteiger partial charge in [0, 0.05) is 12.6 Å². The van der Waals surface area contributed by atoms with Gasteiger partial charge in [-0.3, -0.25) is 4.79 Å². The second kappa shape index (κ2) is 4.75. The molecule has 14 heavy (non-hydrogen) atoms. The van der Waals surface area contributed by atoms with E-state index in [0.29, 0.717) is 12.5 Å². The molecule has 0 bridgehead atoms. The van der Waals surface area contributed by atoms with Crippen molar-refractivity contribution in [2.75, 3.05) is 6.54 Å². The van der Waals surface area contributed by atoms with Gasteiger partial charge in [-0.15, -0.1) is 0 Å². The van der Waals surface area contributed by atoms with Crippen LogP contribution in [-0.4, -0.2) is 29.7 Å². The zero-order valence-electron chi connectivity index (χ0n) is 8.86. The summed E-state index contributed by atoms with van der Waals surface area (Å²) in [6, 6.07) is -0.478. The third kappa shape index (κ3) is 3.27. The quantitative estimate of drug-likeness (QED) is 0.578. The molecule has 82 valence electrons. The summed E-state index contributed by atoms with van der Waals surface area (Å²) >= 11 is 0. The first-order chi connectivity index (χ1) is 6.52. The Bertz CT molecular complexity index is 202. The van der Waals surface area contributed by atoms with E-state index in [2.05, 4.69) is 5.32 Å². The van der Waals surface area contributed by atoms with E-state index < -0.39 is 12.1 Å². The smallest absolute Gasteiger partial charge is 0.250 e. The van der Waals surface area contributed by atoms with Crippen molar-refractivity contribution in [2.24, 2.45) is 17.6 Å². The number of hydrogen-bond donors (Lipinski definition) is 3. The molecule has 4 nitrogen and oxygen atoms in total. The molecule has 2 unspecified atom stereocenters. The van der Waals surface area contributed by atoms with E-state index in [1.165, 1.54) is 12.8 Å². The highest BCUT2D eigenvalue weighted by Gasteiger charge is 2.27. The molecule has 1 aliphatic rings. The maximum absolute atomic E-state index is 11.4. The maximum atomic E-state index is 11.4. The number of carbonyl (C=O) groups is 1. The molecule has 0 heterocycles. The maximum Gasteiger partial charge on any atom is 0.250 e. The van der Waals surface area contributed by atoms with Crippen molar-refractivity contribution in [2.45, 2.75) is 38.8 Å². The molecule has 1 aliphatic carbocycles. The Balaban J connectivity index is 2.26. The molecule has 0 saturated heterocycles. The molecular formula is C10H20N2O2. The van der Waals surface area contributed by atoms with E-state index in [1.807, 2.05) is 13.8 Å². The summed E-state index contributed by atoms with van der Waals surface area (Å²) in [6.07, 6.45) is 1.30. The van der Waals surface area contributed by atoms with E-state index in [9.17, 15) is 9.90 Å².